The summed E-state index contributed by atoms with van der Waals surface area (Å²) in [6.45, 7) is 3.26. The fourth-order valence-corrected chi connectivity index (χ4v) is 2.02. The van der Waals surface area contributed by atoms with Gasteiger partial charge < -0.3 is 10.2 Å². The highest BCUT2D eigenvalue weighted by Crippen LogP contribution is 2.20. The largest absolute Gasteiger partial charge is 0.325 e. The molecule has 0 unspecified atom stereocenters. The van der Waals surface area contributed by atoms with Crippen LogP contribution in [-0.2, 0) is 0 Å². The molecule has 0 radical (unpaired) electrons. The lowest BCUT2D eigenvalue weighted by Gasteiger charge is -2.30. The van der Waals surface area contributed by atoms with Gasteiger partial charge in [0.25, 0.3) is 0 Å². The Kier molecular flexibility index (Phi) is 3.97. The van der Waals surface area contributed by atoms with Gasteiger partial charge in [0.05, 0.1) is 5.69 Å². The second-order valence-corrected chi connectivity index (χ2v) is 4.85. The molecule has 0 atom stereocenters. The van der Waals surface area contributed by atoms with Crippen LogP contribution in [0.15, 0.2) is 12.1 Å². The maximum absolute atomic E-state index is 13.4. The van der Waals surface area contributed by atoms with Gasteiger partial charge in [-0.25, -0.2) is 18.0 Å². The van der Waals surface area contributed by atoms with Gasteiger partial charge in [-0.05, 0) is 18.8 Å². The van der Waals surface area contributed by atoms with E-state index in [1.54, 1.807) is 4.90 Å². The number of amides is 2. The van der Waals surface area contributed by atoms with Gasteiger partial charge in [0.15, 0.2) is 11.6 Å². The summed E-state index contributed by atoms with van der Waals surface area (Å²) in [5.74, 6) is -2.90. The van der Waals surface area contributed by atoms with E-state index in [1.165, 1.54) is 0 Å². The minimum absolute atomic E-state index is 0.345. The molecule has 3 nitrogen and oxygen atoms in total. The van der Waals surface area contributed by atoms with E-state index >= 15 is 0 Å². The topological polar surface area (TPSA) is 32.3 Å². The van der Waals surface area contributed by atoms with Crippen molar-refractivity contribution in [2.45, 2.75) is 19.8 Å². The Bertz CT molecular complexity index is 485. The molecule has 1 aliphatic rings. The molecular formula is C13H15F3N2O. The maximum Gasteiger partial charge on any atom is 0.321 e. The molecule has 0 aliphatic carbocycles. The number of benzene rings is 1. The molecule has 104 valence electrons. The van der Waals surface area contributed by atoms with E-state index in [1.807, 2.05) is 0 Å². The van der Waals surface area contributed by atoms with E-state index in [2.05, 4.69) is 12.2 Å². The number of nitrogens with zero attached hydrogens (tertiary/aromatic N) is 1. The molecule has 1 aromatic rings. The lowest BCUT2D eigenvalue weighted by Crippen LogP contribution is -2.40. The lowest BCUT2D eigenvalue weighted by molar-refractivity contribution is 0.186. The van der Waals surface area contributed by atoms with Crippen LogP contribution in [0.1, 0.15) is 19.8 Å². The number of likely N-dealkylation sites (tertiary alicyclic amines) is 1. The Balaban J connectivity index is 2.05. The molecule has 1 aliphatic heterocycles. The molecule has 2 amide bonds. The van der Waals surface area contributed by atoms with Crippen LogP contribution in [0, 0.1) is 23.4 Å². The summed E-state index contributed by atoms with van der Waals surface area (Å²) in [7, 11) is 0. The van der Waals surface area contributed by atoms with E-state index in [0.717, 1.165) is 12.8 Å². The first-order chi connectivity index (χ1) is 8.97. The van der Waals surface area contributed by atoms with Gasteiger partial charge in [-0.1, -0.05) is 6.92 Å². The minimum Gasteiger partial charge on any atom is -0.325 e. The lowest BCUT2D eigenvalue weighted by atomic mass is 10.00. The van der Waals surface area contributed by atoms with Gasteiger partial charge in [0.1, 0.15) is 5.82 Å². The molecule has 1 fully saturated rings. The van der Waals surface area contributed by atoms with Crippen molar-refractivity contribution in [3.63, 3.8) is 0 Å². The summed E-state index contributed by atoms with van der Waals surface area (Å²) in [4.78, 5) is 13.4. The predicted molar refractivity (Wildman–Crippen MR) is 65.3 cm³/mol. The van der Waals surface area contributed by atoms with E-state index in [9.17, 15) is 18.0 Å². The molecule has 6 heteroatoms. The van der Waals surface area contributed by atoms with Crippen molar-refractivity contribution in [1.29, 1.82) is 0 Å². The number of anilines is 1. The fourth-order valence-electron chi connectivity index (χ4n) is 2.02. The highest BCUT2D eigenvalue weighted by Gasteiger charge is 2.21. The van der Waals surface area contributed by atoms with Gasteiger partial charge in [-0.3, -0.25) is 0 Å². The Hall–Kier alpha value is -1.72. The number of halogens is 3. The van der Waals surface area contributed by atoms with E-state index in [0.29, 0.717) is 31.1 Å². The number of urea groups is 1. The summed E-state index contributed by atoms with van der Waals surface area (Å²) < 4.78 is 39.1. The van der Waals surface area contributed by atoms with Crippen LogP contribution in [-0.4, -0.2) is 24.0 Å². The second kappa shape index (κ2) is 5.50. The summed E-state index contributed by atoms with van der Waals surface area (Å²) in [5, 5.41) is 2.27. The molecule has 0 saturated carbocycles. The van der Waals surface area contributed by atoms with Crippen LogP contribution in [0.4, 0.5) is 23.7 Å². The monoisotopic (exact) mass is 272 g/mol. The Morgan fingerprint density at radius 3 is 2.37 bits per heavy atom. The fraction of sp³-hybridized carbons (Fsp3) is 0.462. The number of nitrogens with one attached hydrogen (secondary N) is 1. The number of carbonyl (C=O) groups excluding carboxylic acids is 1. The van der Waals surface area contributed by atoms with Crippen molar-refractivity contribution in [3.8, 4) is 0 Å². The molecule has 1 aromatic carbocycles. The number of hydrogen-bond acceptors (Lipinski definition) is 1. The van der Waals surface area contributed by atoms with Crippen molar-refractivity contribution >= 4 is 11.7 Å². The third kappa shape index (κ3) is 3.19. The summed E-state index contributed by atoms with van der Waals surface area (Å²) >= 11 is 0. The Morgan fingerprint density at radius 1 is 1.16 bits per heavy atom. The van der Waals surface area contributed by atoms with Crippen LogP contribution >= 0.6 is 0 Å². The predicted octanol–water partition coefficient (Wildman–Crippen LogP) is 3.37. The van der Waals surface area contributed by atoms with Crippen LogP contribution in [0.3, 0.4) is 0 Å². The van der Waals surface area contributed by atoms with Gasteiger partial charge >= 0.3 is 6.03 Å². The molecule has 1 saturated heterocycles. The van der Waals surface area contributed by atoms with Crippen molar-refractivity contribution in [1.82, 2.24) is 4.90 Å². The Labute approximate surface area is 109 Å². The Morgan fingerprint density at radius 2 is 1.74 bits per heavy atom. The van der Waals surface area contributed by atoms with Crippen molar-refractivity contribution in [2.24, 2.45) is 5.92 Å². The number of piperidine rings is 1. The summed E-state index contributed by atoms with van der Waals surface area (Å²) in [6.07, 6.45) is 1.77. The molecule has 1 heterocycles. The van der Waals surface area contributed by atoms with E-state index in [4.69, 9.17) is 0 Å². The molecule has 0 spiro atoms. The van der Waals surface area contributed by atoms with E-state index < -0.39 is 23.5 Å². The quantitative estimate of drug-likeness (QED) is 0.781. The maximum atomic E-state index is 13.4. The molecule has 0 bridgehead atoms. The zero-order valence-corrected chi connectivity index (χ0v) is 10.5. The van der Waals surface area contributed by atoms with Crippen molar-refractivity contribution < 1.29 is 18.0 Å². The normalized spacial score (nSPS) is 16.5. The standard InChI is InChI=1S/C13H15F3N2O/c1-8-2-4-18(5-3-8)13(19)17-12-7-10(15)9(14)6-11(12)16/h6-8H,2-5H2,1H3,(H,17,19). The van der Waals surface area contributed by atoms with Gasteiger partial charge in [-0.15, -0.1) is 0 Å². The first-order valence-corrected chi connectivity index (χ1v) is 6.18. The number of carbonyl (C=O) groups is 1. The first kappa shape index (κ1) is 13.7. The number of rotatable bonds is 1. The average Bonchev–Trinajstić information content (AvgIpc) is 2.36. The van der Waals surface area contributed by atoms with Gasteiger partial charge in [0, 0.05) is 25.2 Å². The SMILES string of the molecule is CC1CCN(C(=O)Nc2cc(F)c(F)cc2F)CC1. The average molecular weight is 272 g/mol. The molecule has 1 N–H and O–H groups in total. The smallest absolute Gasteiger partial charge is 0.321 e. The zero-order valence-electron chi connectivity index (χ0n) is 10.5. The molecule has 0 aromatic heterocycles. The summed E-state index contributed by atoms with van der Waals surface area (Å²) in [5.41, 5.74) is -0.345. The van der Waals surface area contributed by atoms with Crippen LogP contribution < -0.4 is 5.32 Å². The second-order valence-electron chi connectivity index (χ2n) is 4.85. The van der Waals surface area contributed by atoms with Gasteiger partial charge in [0.2, 0.25) is 0 Å². The minimum atomic E-state index is -1.28. The third-order valence-electron chi connectivity index (χ3n) is 3.32. The first-order valence-electron chi connectivity index (χ1n) is 6.18. The van der Waals surface area contributed by atoms with Crippen molar-refractivity contribution in [3.05, 3.63) is 29.6 Å². The highest BCUT2D eigenvalue weighted by atomic mass is 19.2. The summed E-state index contributed by atoms with van der Waals surface area (Å²) in [6, 6.07) is 0.579. The van der Waals surface area contributed by atoms with Crippen LogP contribution in [0.5, 0.6) is 0 Å². The van der Waals surface area contributed by atoms with Crippen LogP contribution in [0.2, 0.25) is 0 Å². The van der Waals surface area contributed by atoms with E-state index in [-0.39, 0.29) is 5.69 Å². The zero-order chi connectivity index (χ0) is 14.0. The third-order valence-corrected chi connectivity index (χ3v) is 3.32. The molecular weight excluding hydrogens is 257 g/mol. The molecule has 2 rings (SSSR count). The van der Waals surface area contributed by atoms with Gasteiger partial charge in [-0.2, -0.15) is 0 Å². The highest BCUT2D eigenvalue weighted by molar-refractivity contribution is 5.89. The number of hydrogen-bond donors (Lipinski definition) is 1. The molecule has 19 heavy (non-hydrogen) atoms. The van der Waals surface area contributed by atoms with Crippen LogP contribution in [0.25, 0.3) is 0 Å². The van der Waals surface area contributed by atoms with Crippen molar-refractivity contribution in [2.75, 3.05) is 18.4 Å².